The molecule has 0 unspecified atom stereocenters. The molecule has 0 aliphatic rings. The molecule has 0 fully saturated rings. The Morgan fingerprint density at radius 3 is 2.26 bits per heavy atom. The summed E-state index contributed by atoms with van der Waals surface area (Å²) >= 11 is 1.08. The van der Waals surface area contributed by atoms with E-state index in [0.29, 0.717) is 10.6 Å². The number of hydrogen-bond acceptors (Lipinski definition) is 6. The predicted octanol–water partition coefficient (Wildman–Crippen LogP) is 6.63. The molecule has 3 N–H and O–H groups in total. The lowest BCUT2D eigenvalue weighted by atomic mass is 10.0. The summed E-state index contributed by atoms with van der Waals surface area (Å²) in [6, 6.07) is 19.9. The summed E-state index contributed by atoms with van der Waals surface area (Å²) in [6.07, 6.45) is 0.762. The van der Waals surface area contributed by atoms with Crippen LogP contribution in [0.1, 0.15) is 44.4 Å². The van der Waals surface area contributed by atoms with E-state index in [9.17, 15) is 13.2 Å². The van der Waals surface area contributed by atoms with Crippen molar-refractivity contribution in [1.82, 2.24) is 0 Å². The highest BCUT2D eigenvalue weighted by atomic mass is 32.2. The largest absolute Gasteiger partial charge is 0.396 e. The number of thiophene rings is 1. The second kappa shape index (κ2) is 9.68. The third-order valence-electron chi connectivity index (χ3n) is 5.98. The molecule has 0 radical (unpaired) electrons. The molecule has 0 amide bonds. The zero-order valence-electron chi connectivity index (χ0n) is 20.2. The van der Waals surface area contributed by atoms with Gasteiger partial charge in [-0.3, -0.25) is 4.79 Å². The van der Waals surface area contributed by atoms with Crippen molar-refractivity contribution in [2.75, 3.05) is 11.1 Å². The third kappa shape index (κ3) is 4.74. The predicted molar refractivity (Wildman–Crippen MR) is 144 cm³/mol. The molecule has 0 spiro atoms. The maximum Gasteiger partial charge on any atom is 0.211 e. The van der Waals surface area contributed by atoms with Gasteiger partial charge < -0.3 is 11.1 Å². The number of para-hydroxylation sites is 1. The number of ketones is 1. The van der Waals surface area contributed by atoms with Crippen LogP contribution in [-0.2, 0) is 16.3 Å². The average molecular weight is 505 g/mol. The molecule has 1 heterocycles. The maximum absolute atomic E-state index is 13.8. The topological polar surface area (TPSA) is 89.3 Å². The maximum atomic E-state index is 13.8. The van der Waals surface area contributed by atoms with Crippen LogP contribution in [0, 0.1) is 20.8 Å². The minimum atomic E-state index is -4.00. The van der Waals surface area contributed by atoms with Crippen LogP contribution in [0.2, 0.25) is 0 Å². The Labute approximate surface area is 210 Å². The van der Waals surface area contributed by atoms with Crippen LogP contribution in [0.3, 0.4) is 0 Å². The van der Waals surface area contributed by atoms with Crippen molar-refractivity contribution >= 4 is 43.3 Å². The molecule has 3 aromatic carbocycles. The van der Waals surface area contributed by atoms with Gasteiger partial charge in [-0.15, -0.1) is 11.3 Å². The summed E-state index contributed by atoms with van der Waals surface area (Å²) in [5.74, 6) is -0.290. The Bertz CT molecular complexity index is 1520. The zero-order valence-corrected chi connectivity index (χ0v) is 21.8. The normalized spacial score (nSPS) is 11.4. The van der Waals surface area contributed by atoms with Crippen LogP contribution < -0.4 is 11.1 Å². The number of carbonyl (C=O) groups is 1. The molecule has 4 rings (SSSR count). The third-order valence-corrected chi connectivity index (χ3v) is 9.08. The highest BCUT2D eigenvalue weighted by molar-refractivity contribution is 7.92. The highest BCUT2D eigenvalue weighted by Crippen LogP contribution is 2.44. The van der Waals surface area contributed by atoms with Gasteiger partial charge in [0.15, 0.2) is 0 Å². The van der Waals surface area contributed by atoms with E-state index >= 15 is 0 Å². The van der Waals surface area contributed by atoms with Crippen molar-refractivity contribution in [3.8, 4) is 0 Å². The molecule has 180 valence electrons. The van der Waals surface area contributed by atoms with Crippen LogP contribution in [0.15, 0.2) is 76.5 Å². The first-order valence-corrected chi connectivity index (χ1v) is 13.6. The molecule has 4 aromatic rings. The Balaban J connectivity index is 1.92. The minimum absolute atomic E-state index is 0.0305. The number of aryl methyl sites for hydroxylation is 4. The van der Waals surface area contributed by atoms with Crippen LogP contribution in [0.25, 0.3) is 0 Å². The molecule has 35 heavy (non-hydrogen) atoms. The van der Waals surface area contributed by atoms with E-state index in [1.807, 2.05) is 64.1 Å². The number of nitrogen functional groups attached to an aromatic ring is 1. The fraction of sp³-hybridized carbons (Fsp3) is 0.179. The van der Waals surface area contributed by atoms with Crippen molar-refractivity contribution in [2.24, 2.45) is 0 Å². The van der Waals surface area contributed by atoms with Gasteiger partial charge >= 0.3 is 0 Å². The van der Waals surface area contributed by atoms with Crippen molar-refractivity contribution in [2.45, 2.75) is 43.9 Å². The van der Waals surface area contributed by atoms with Crippen LogP contribution in [0.5, 0.6) is 0 Å². The fourth-order valence-electron chi connectivity index (χ4n) is 4.05. The quantitative estimate of drug-likeness (QED) is 0.276. The lowest BCUT2D eigenvalue weighted by molar-refractivity contribution is 0.104. The van der Waals surface area contributed by atoms with E-state index in [-0.39, 0.29) is 26.1 Å². The first kappa shape index (κ1) is 24.7. The fourth-order valence-corrected chi connectivity index (χ4v) is 6.96. The standard InChI is InChI=1S/C28H28N2O3S2/c1-5-20-8-6-7-9-23(20)30-28-27(35(32,33)21-13-10-17(2)11-14-21)24(29)26(34-28)25(31)22-15-12-18(3)16-19(22)4/h6-16,30H,5,29H2,1-4H3. The Kier molecular flexibility index (Phi) is 6.83. The number of rotatable bonds is 7. The van der Waals surface area contributed by atoms with E-state index in [2.05, 4.69) is 5.32 Å². The van der Waals surface area contributed by atoms with Gasteiger partial charge in [0.1, 0.15) is 14.8 Å². The van der Waals surface area contributed by atoms with E-state index in [1.54, 1.807) is 30.3 Å². The average Bonchev–Trinajstić information content (AvgIpc) is 3.15. The Morgan fingerprint density at radius 1 is 0.943 bits per heavy atom. The van der Waals surface area contributed by atoms with Crippen LogP contribution in [0.4, 0.5) is 16.4 Å². The molecule has 0 bridgehead atoms. The van der Waals surface area contributed by atoms with E-state index < -0.39 is 9.84 Å². The van der Waals surface area contributed by atoms with Crippen LogP contribution in [-0.4, -0.2) is 14.2 Å². The van der Waals surface area contributed by atoms with Crippen molar-refractivity contribution in [3.63, 3.8) is 0 Å². The highest BCUT2D eigenvalue weighted by Gasteiger charge is 2.32. The molecular weight excluding hydrogens is 476 g/mol. The van der Waals surface area contributed by atoms with E-state index in [1.165, 1.54) is 0 Å². The first-order valence-electron chi connectivity index (χ1n) is 11.3. The van der Waals surface area contributed by atoms with Gasteiger partial charge in [0.2, 0.25) is 15.6 Å². The summed E-state index contributed by atoms with van der Waals surface area (Å²) in [4.78, 5) is 13.8. The monoisotopic (exact) mass is 504 g/mol. The summed E-state index contributed by atoms with van der Waals surface area (Å²) in [5, 5.41) is 3.61. The van der Waals surface area contributed by atoms with Gasteiger partial charge in [-0.25, -0.2) is 8.42 Å². The number of benzene rings is 3. The van der Waals surface area contributed by atoms with Gasteiger partial charge in [-0.1, -0.05) is 66.6 Å². The second-order valence-electron chi connectivity index (χ2n) is 8.60. The zero-order chi connectivity index (χ0) is 25.3. The minimum Gasteiger partial charge on any atom is -0.396 e. The van der Waals surface area contributed by atoms with Gasteiger partial charge in [0, 0.05) is 11.3 Å². The molecule has 0 aliphatic heterocycles. The number of sulfone groups is 1. The lowest BCUT2D eigenvalue weighted by Crippen LogP contribution is -2.09. The van der Waals surface area contributed by atoms with Gasteiger partial charge in [-0.2, -0.15) is 0 Å². The number of nitrogens with two attached hydrogens (primary N) is 1. The van der Waals surface area contributed by atoms with E-state index in [4.69, 9.17) is 5.73 Å². The Hall–Kier alpha value is -3.42. The molecule has 1 aromatic heterocycles. The number of nitrogens with one attached hydrogen (secondary N) is 1. The van der Waals surface area contributed by atoms with Crippen molar-refractivity contribution in [3.05, 3.63) is 99.4 Å². The lowest BCUT2D eigenvalue weighted by Gasteiger charge is -2.12. The summed E-state index contributed by atoms with van der Waals surface area (Å²) in [6.45, 7) is 7.75. The molecule has 0 aliphatic carbocycles. The second-order valence-corrected chi connectivity index (χ2v) is 11.5. The van der Waals surface area contributed by atoms with Gasteiger partial charge in [-0.05, 0) is 56.5 Å². The summed E-state index contributed by atoms with van der Waals surface area (Å²) < 4.78 is 27.6. The molecule has 0 saturated carbocycles. The SMILES string of the molecule is CCc1ccccc1Nc1sc(C(=O)c2ccc(C)cc2C)c(N)c1S(=O)(=O)c1ccc(C)cc1. The number of anilines is 3. The van der Waals surface area contributed by atoms with E-state index in [0.717, 1.165) is 45.7 Å². The molecule has 0 atom stereocenters. The summed E-state index contributed by atoms with van der Waals surface area (Å²) in [5.41, 5.74) is 11.6. The number of carbonyl (C=O) groups excluding carboxylic acids is 1. The van der Waals surface area contributed by atoms with Crippen molar-refractivity contribution in [1.29, 1.82) is 0 Å². The molecule has 5 nitrogen and oxygen atoms in total. The Morgan fingerprint density at radius 2 is 1.60 bits per heavy atom. The smallest absolute Gasteiger partial charge is 0.211 e. The van der Waals surface area contributed by atoms with Gasteiger partial charge in [0.05, 0.1) is 10.6 Å². The summed E-state index contributed by atoms with van der Waals surface area (Å²) in [7, 11) is -4.00. The molecule has 0 saturated heterocycles. The van der Waals surface area contributed by atoms with Crippen LogP contribution >= 0.6 is 11.3 Å². The number of hydrogen-bond donors (Lipinski definition) is 2. The van der Waals surface area contributed by atoms with Gasteiger partial charge in [0.25, 0.3) is 0 Å². The molecule has 7 heteroatoms. The van der Waals surface area contributed by atoms with Crippen molar-refractivity contribution < 1.29 is 13.2 Å². The first-order chi connectivity index (χ1) is 16.6. The molecular formula is C28H28N2O3S2.